The summed E-state index contributed by atoms with van der Waals surface area (Å²) in [5.74, 6) is 5.90. The quantitative estimate of drug-likeness (QED) is 0.832. The molecule has 1 amide bonds. The van der Waals surface area contributed by atoms with Gasteiger partial charge in [-0.05, 0) is 36.6 Å². The highest BCUT2D eigenvalue weighted by atomic mass is 16.5. The molecule has 21 heavy (non-hydrogen) atoms. The minimum Gasteiger partial charge on any atom is -0.395 e. The summed E-state index contributed by atoms with van der Waals surface area (Å²) in [6, 6.07) is 5.78. The third-order valence-corrected chi connectivity index (χ3v) is 3.51. The van der Waals surface area contributed by atoms with Crippen molar-refractivity contribution in [2.75, 3.05) is 25.1 Å². The number of carbonyl (C=O) groups excluding carboxylic acids is 1. The average molecular weight is 287 g/mol. The van der Waals surface area contributed by atoms with E-state index in [1.807, 2.05) is 18.2 Å². The summed E-state index contributed by atoms with van der Waals surface area (Å²) < 4.78 is 5.25. The molecule has 1 aliphatic rings. The first-order valence-corrected chi connectivity index (χ1v) is 7.36. The number of amides is 1. The van der Waals surface area contributed by atoms with Crippen LogP contribution in [0.15, 0.2) is 18.2 Å². The van der Waals surface area contributed by atoms with Crippen molar-refractivity contribution in [3.8, 4) is 11.8 Å². The van der Waals surface area contributed by atoms with Crippen molar-refractivity contribution < 1.29 is 14.6 Å². The van der Waals surface area contributed by atoms with Crippen LogP contribution in [-0.4, -0.2) is 30.8 Å². The Morgan fingerprint density at radius 1 is 1.52 bits per heavy atom. The van der Waals surface area contributed by atoms with Crippen molar-refractivity contribution in [2.24, 2.45) is 5.92 Å². The first kappa shape index (κ1) is 15.6. The SMILES string of the molecule is CCc1cc(C#CCCO)ccc1NC(=O)C1CCOC1. The summed E-state index contributed by atoms with van der Waals surface area (Å²) >= 11 is 0. The number of benzene rings is 1. The second kappa shape index (κ2) is 7.82. The predicted octanol–water partition coefficient (Wildman–Crippen LogP) is 1.96. The third kappa shape index (κ3) is 4.32. The van der Waals surface area contributed by atoms with Crippen LogP contribution in [0.25, 0.3) is 0 Å². The Morgan fingerprint density at radius 2 is 2.38 bits per heavy atom. The van der Waals surface area contributed by atoms with Crippen LogP contribution < -0.4 is 5.32 Å². The molecule has 0 aromatic heterocycles. The van der Waals surface area contributed by atoms with Crippen molar-refractivity contribution >= 4 is 11.6 Å². The summed E-state index contributed by atoms with van der Waals surface area (Å²) in [5.41, 5.74) is 2.82. The van der Waals surface area contributed by atoms with E-state index in [9.17, 15) is 4.79 Å². The van der Waals surface area contributed by atoms with Gasteiger partial charge in [-0.15, -0.1) is 0 Å². The molecule has 2 rings (SSSR count). The highest BCUT2D eigenvalue weighted by Crippen LogP contribution is 2.21. The number of ether oxygens (including phenoxy) is 1. The number of aliphatic hydroxyl groups is 1. The van der Waals surface area contributed by atoms with Crippen molar-refractivity contribution in [3.63, 3.8) is 0 Å². The second-order valence-corrected chi connectivity index (χ2v) is 5.05. The van der Waals surface area contributed by atoms with Gasteiger partial charge in [-0.1, -0.05) is 18.8 Å². The van der Waals surface area contributed by atoms with Crippen LogP contribution >= 0.6 is 0 Å². The molecule has 1 atom stereocenters. The number of carbonyl (C=O) groups is 1. The van der Waals surface area contributed by atoms with Crippen molar-refractivity contribution in [3.05, 3.63) is 29.3 Å². The van der Waals surface area contributed by atoms with Gasteiger partial charge in [0, 0.05) is 24.3 Å². The maximum atomic E-state index is 12.1. The fraction of sp³-hybridized carbons (Fsp3) is 0.471. The Labute approximate surface area is 125 Å². The lowest BCUT2D eigenvalue weighted by Crippen LogP contribution is -2.23. The molecule has 0 radical (unpaired) electrons. The first-order valence-electron chi connectivity index (χ1n) is 7.36. The minimum absolute atomic E-state index is 0.0290. The standard InChI is InChI=1S/C17H21NO3/c1-2-14-11-13(5-3-4-9-19)6-7-16(14)18-17(20)15-8-10-21-12-15/h6-7,11,15,19H,2,4,8-10,12H2,1H3,(H,18,20). The molecule has 1 aromatic rings. The fourth-order valence-electron chi connectivity index (χ4n) is 2.28. The van der Waals surface area contributed by atoms with Crippen LogP contribution in [-0.2, 0) is 16.0 Å². The van der Waals surface area contributed by atoms with Crippen LogP contribution in [0.3, 0.4) is 0 Å². The normalized spacial score (nSPS) is 17.1. The highest BCUT2D eigenvalue weighted by molar-refractivity contribution is 5.93. The van der Waals surface area contributed by atoms with Gasteiger partial charge < -0.3 is 15.2 Å². The molecule has 1 heterocycles. The summed E-state index contributed by atoms with van der Waals surface area (Å²) in [5, 5.41) is 11.7. The van der Waals surface area contributed by atoms with Gasteiger partial charge in [0.25, 0.3) is 0 Å². The van der Waals surface area contributed by atoms with E-state index in [1.54, 1.807) is 0 Å². The highest BCUT2D eigenvalue weighted by Gasteiger charge is 2.23. The molecule has 1 saturated heterocycles. The van der Waals surface area contributed by atoms with E-state index in [2.05, 4.69) is 24.1 Å². The molecular formula is C17H21NO3. The zero-order chi connectivity index (χ0) is 15.1. The van der Waals surface area contributed by atoms with Gasteiger partial charge in [-0.3, -0.25) is 4.79 Å². The van der Waals surface area contributed by atoms with Crippen molar-refractivity contribution in [2.45, 2.75) is 26.2 Å². The van der Waals surface area contributed by atoms with Gasteiger partial charge in [0.1, 0.15) is 0 Å². The molecule has 112 valence electrons. The topological polar surface area (TPSA) is 58.6 Å². The first-order chi connectivity index (χ1) is 10.2. The van der Waals surface area contributed by atoms with Crippen molar-refractivity contribution in [1.82, 2.24) is 0 Å². The molecular weight excluding hydrogens is 266 g/mol. The van der Waals surface area contributed by atoms with Crippen LogP contribution in [0.1, 0.15) is 30.9 Å². The monoisotopic (exact) mass is 287 g/mol. The van der Waals surface area contributed by atoms with Gasteiger partial charge >= 0.3 is 0 Å². The van der Waals surface area contributed by atoms with Gasteiger partial charge in [-0.2, -0.15) is 0 Å². The van der Waals surface area contributed by atoms with E-state index in [0.717, 1.165) is 29.7 Å². The zero-order valence-electron chi connectivity index (χ0n) is 12.3. The largest absolute Gasteiger partial charge is 0.395 e. The fourth-order valence-corrected chi connectivity index (χ4v) is 2.28. The van der Waals surface area contributed by atoms with Gasteiger partial charge in [0.2, 0.25) is 5.91 Å². The third-order valence-electron chi connectivity index (χ3n) is 3.51. The maximum Gasteiger partial charge on any atom is 0.229 e. The number of hydrogen-bond donors (Lipinski definition) is 2. The molecule has 4 heteroatoms. The Morgan fingerprint density at radius 3 is 3.05 bits per heavy atom. The number of aryl methyl sites for hydroxylation is 1. The number of aliphatic hydroxyl groups excluding tert-OH is 1. The summed E-state index contributed by atoms with van der Waals surface area (Å²) in [6.07, 6.45) is 2.09. The molecule has 0 saturated carbocycles. The summed E-state index contributed by atoms with van der Waals surface area (Å²) in [4.78, 5) is 12.1. The van der Waals surface area contributed by atoms with Crippen LogP contribution in [0.4, 0.5) is 5.69 Å². The molecule has 1 fully saturated rings. The van der Waals surface area contributed by atoms with E-state index in [-0.39, 0.29) is 18.4 Å². The Bertz CT molecular complexity index is 551. The number of nitrogens with one attached hydrogen (secondary N) is 1. The molecule has 1 aliphatic heterocycles. The summed E-state index contributed by atoms with van der Waals surface area (Å²) in [6.45, 7) is 3.30. The lowest BCUT2D eigenvalue weighted by atomic mass is 10.0. The Kier molecular flexibility index (Phi) is 5.79. The van der Waals surface area contributed by atoms with E-state index in [0.29, 0.717) is 19.6 Å². The smallest absolute Gasteiger partial charge is 0.229 e. The van der Waals surface area contributed by atoms with Gasteiger partial charge in [-0.25, -0.2) is 0 Å². The van der Waals surface area contributed by atoms with Gasteiger partial charge in [0.05, 0.1) is 19.1 Å². The van der Waals surface area contributed by atoms with Crippen molar-refractivity contribution in [1.29, 1.82) is 0 Å². The van der Waals surface area contributed by atoms with E-state index < -0.39 is 0 Å². The maximum absolute atomic E-state index is 12.1. The number of anilines is 1. The van der Waals surface area contributed by atoms with E-state index >= 15 is 0 Å². The van der Waals surface area contributed by atoms with E-state index in [4.69, 9.17) is 9.84 Å². The lowest BCUT2D eigenvalue weighted by Gasteiger charge is -2.13. The zero-order valence-corrected chi connectivity index (χ0v) is 12.3. The molecule has 0 bridgehead atoms. The number of rotatable bonds is 4. The van der Waals surface area contributed by atoms with Crippen LogP contribution in [0.5, 0.6) is 0 Å². The Balaban J connectivity index is 2.09. The molecule has 0 spiro atoms. The molecule has 4 nitrogen and oxygen atoms in total. The summed E-state index contributed by atoms with van der Waals surface area (Å²) in [7, 11) is 0. The van der Waals surface area contributed by atoms with E-state index in [1.165, 1.54) is 0 Å². The van der Waals surface area contributed by atoms with Gasteiger partial charge in [0.15, 0.2) is 0 Å². The molecule has 1 unspecified atom stereocenters. The molecule has 2 N–H and O–H groups in total. The minimum atomic E-state index is -0.0428. The number of hydrogen-bond acceptors (Lipinski definition) is 3. The Hall–Kier alpha value is -1.83. The predicted molar refractivity (Wildman–Crippen MR) is 82.0 cm³/mol. The van der Waals surface area contributed by atoms with Crippen LogP contribution in [0, 0.1) is 17.8 Å². The second-order valence-electron chi connectivity index (χ2n) is 5.05. The lowest BCUT2D eigenvalue weighted by molar-refractivity contribution is -0.119. The molecule has 1 aromatic carbocycles. The van der Waals surface area contributed by atoms with Crippen LogP contribution in [0.2, 0.25) is 0 Å². The molecule has 0 aliphatic carbocycles. The average Bonchev–Trinajstić information content (AvgIpc) is 3.03.